The minimum Gasteiger partial charge on any atom is -0.373 e. The van der Waals surface area contributed by atoms with Crippen LogP contribution in [0.25, 0.3) is 0 Å². The Hall–Kier alpha value is -1.11. The largest absolute Gasteiger partial charge is 0.373 e. The van der Waals surface area contributed by atoms with Crippen molar-refractivity contribution >= 4 is 17.7 Å². The van der Waals surface area contributed by atoms with Crippen LogP contribution in [0.15, 0.2) is 24.5 Å². The van der Waals surface area contributed by atoms with Crippen LogP contribution in [0.2, 0.25) is 0 Å². The molecule has 0 unspecified atom stereocenters. The van der Waals surface area contributed by atoms with Crippen molar-refractivity contribution in [3.8, 4) is 0 Å². The molecule has 25 heavy (non-hydrogen) atoms. The molecule has 0 N–H and O–H groups in total. The first-order chi connectivity index (χ1) is 12.2. The zero-order valence-corrected chi connectivity index (χ0v) is 15.4. The Bertz CT molecular complexity index is 586. The van der Waals surface area contributed by atoms with Crippen LogP contribution in [0.3, 0.4) is 0 Å². The van der Waals surface area contributed by atoms with Crippen LogP contribution in [0.1, 0.15) is 37.7 Å². The van der Waals surface area contributed by atoms with E-state index in [-0.39, 0.29) is 23.4 Å². The number of amides is 1. The molecule has 4 rings (SSSR count). The molecule has 2 saturated heterocycles. The third-order valence-electron chi connectivity index (χ3n) is 5.44. The first-order valence-corrected chi connectivity index (χ1v) is 10.2. The normalized spacial score (nSPS) is 25.4. The molecule has 3 heterocycles. The van der Waals surface area contributed by atoms with Gasteiger partial charge in [-0.1, -0.05) is 18.9 Å². The summed E-state index contributed by atoms with van der Waals surface area (Å²) in [6.45, 7) is 2.56. The molecule has 0 aromatic carbocycles. The summed E-state index contributed by atoms with van der Waals surface area (Å²) < 4.78 is 12.0. The van der Waals surface area contributed by atoms with Gasteiger partial charge in [-0.25, -0.2) is 0 Å². The van der Waals surface area contributed by atoms with E-state index in [2.05, 4.69) is 4.98 Å². The lowest BCUT2D eigenvalue weighted by atomic mass is 9.93. The standard InChI is InChI=1S/C19H26N2O3S/c22-18(11-24-16-5-1-2-6-16)21-13-19(14-21)8-17(12-25-19)23-10-15-4-3-7-20-9-15/h3-4,7,9,16-17H,1-2,5-6,8,10-14H2/t17-/m1/s1. The minimum absolute atomic E-state index is 0.151. The van der Waals surface area contributed by atoms with Crippen molar-refractivity contribution < 1.29 is 14.3 Å². The fourth-order valence-corrected chi connectivity index (χ4v) is 5.54. The molecular formula is C19H26N2O3S. The zero-order valence-electron chi connectivity index (χ0n) is 14.6. The van der Waals surface area contributed by atoms with Crippen LogP contribution in [0.5, 0.6) is 0 Å². The molecule has 1 spiro atoms. The Morgan fingerprint density at radius 1 is 1.28 bits per heavy atom. The van der Waals surface area contributed by atoms with Crippen molar-refractivity contribution in [2.75, 3.05) is 25.4 Å². The summed E-state index contributed by atoms with van der Waals surface area (Å²) in [5.41, 5.74) is 1.11. The number of carbonyl (C=O) groups is 1. The van der Waals surface area contributed by atoms with Gasteiger partial charge in [0.2, 0.25) is 5.91 Å². The molecule has 1 atom stereocenters. The molecule has 3 aliphatic rings. The molecule has 1 aromatic heterocycles. The van der Waals surface area contributed by atoms with E-state index in [0.29, 0.717) is 12.7 Å². The second kappa shape index (κ2) is 7.64. The van der Waals surface area contributed by atoms with Crippen LogP contribution < -0.4 is 0 Å². The molecule has 0 radical (unpaired) electrons. The van der Waals surface area contributed by atoms with Crippen molar-refractivity contribution in [1.82, 2.24) is 9.88 Å². The lowest BCUT2D eigenvalue weighted by Crippen LogP contribution is -2.61. The highest BCUT2D eigenvalue weighted by atomic mass is 32.2. The average molecular weight is 362 g/mol. The van der Waals surface area contributed by atoms with Gasteiger partial charge in [0.15, 0.2) is 0 Å². The number of hydrogen-bond acceptors (Lipinski definition) is 5. The second-order valence-electron chi connectivity index (χ2n) is 7.46. The number of hydrogen-bond donors (Lipinski definition) is 0. The second-order valence-corrected chi connectivity index (χ2v) is 8.95. The van der Waals surface area contributed by atoms with E-state index >= 15 is 0 Å². The van der Waals surface area contributed by atoms with Gasteiger partial charge in [0.25, 0.3) is 0 Å². The van der Waals surface area contributed by atoms with Gasteiger partial charge in [-0.15, -0.1) is 11.8 Å². The number of rotatable bonds is 6. The van der Waals surface area contributed by atoms with Crippen molar-refractivity contribution in [3.63, 3.8) is 0 Å². The van der Waals surface area contributed by atoms with Crippen molar-refractivity contribution in [1.29, 1.82) is 0 Å². The third kappa shape index (κ3) is 4.18. The van der Waals surface area contributed by atoms with Crippen LogP contribution in [-0.4, -0.2) is 58.2 Å². The monoisotopic (exact) mass is 362 g/mol. The number of aromatic nitrogens is 1. The summed E-state index contributed by atoms with van der Waals surface area (Å²) in [6, 6.07) is 3.98. The highest BCUT2D eigenvalue weighted by molar-refractivity contribution is 8.01. The Kier molecular flexibility index (Phi) is 5.29. The van der Waals surface area contributed by atoms with Crippen molar-refractivity contribution in [3.05, 3.63) is 30.1 Å². The van der Waals surface area contributed by atoms with E-state index in [0.717, 1.165) is 43.7 Å². The van der Waals surface area contributed by atoms with Crippen LogP contribution >= 0.6 is 11.8 Å². The Labute approximate surface area is 153 Å². The smallest absolute Gasteiger partial charge is 0.248 e. The fourth-order valence-electron chi connectivity index (χ4n) is 3.99. The number of likely N-dealkylation sites (tertiary alicyclic amines) is 1. The molecule has 1 aliphatic carbocycles. The maximum Gasteiger partial charge on any atom is 0.248 e. The summed E-state index contributed by atoms with van der Waals surface area (Å²) >= 11 is 1.96. The van der Waals surface area contributed by atoms with E-state index < -0.39 is 0 Å². The number of ether oxygens (including phenoxy) is 2. The Balaban J connectivity index is 1.17. The summed E-state index contributed by atoms with van der Waals surface area (Å²) in [6.07, 6.45) is 9.96. The predicted molar refractivity (Wildman–Crippen MR) is 97.4 cm³/mol. The molecule has 5 nitrogen and oxygen atoms in total. The molecule has 1 aromatic rings. The van der Waals surface area contributed by atoms with Gasteiger partial charge in [-0.05, 0) is 30.9 Å². The quantitative estimate of drug-likeness (QED) is 0.779. The number of nitrogens with zero attached hydrogens (tertiary/aromatic N) is 2. The first kappa shape index (κ1) is 17.3. The van der Waals surface area contributed by atoms with Crippen LogP contribution in [0.4, 0.5) is 0 Å². The molecule has 2 aliphatic heterocycles. The van der Waals surface area contributed by atoms with E-state index in [9.17, 15) is 4.79 Å². The van der Waals surface area contributed by atoms with Gasteiger partial charge in [0.05, 0.1) is 23.6 Å². The van der Waals surface area contributed by atoms with Gasteiger partial charge in [-0.2, -0.15) is 0 Å². The lowest BCUT2D eigenvalue weighted by molar-refractivity contribution is -0.143. The molecule has 1 amide bonds. The SMILES string of the molecule is O=C(COC1CCCC1)N1CC2(C[C@@H](OCc3cccnc3)CS2)C1. The van der Waals surface area contributed by atoms with Crippen LogP contribution in [-0.2, 0) is 20.9 Å². The maximum absolute atomic E-state index is 12.3. The summed E-state index contributed by atoms with van der Waals surface area (Å²) in [7, 11) is 0. The fraction of sp³-hybridized carbons (Fsp3) is 0.684. The molecule has 1 saturated carbocycles. The van der Waals surface area contributed by atoms with Gasteiger partial charge < -0.3 is 14.4 Å². The minimum atomic E-state index is 0.151. The third-order valence-corrected chi connectivity index (χ3v) is 7.01. The lowest BCUT2D eigenvalue weighted by Gasteiger charge is -2.47. The summed E-state index contributed by atoms with van der Waals surface area (Å²) in [4.78, 5) is 18.3. The Morgan fingerprint density at radius 2 is 2.12 bits per heavy atom. The maximum atomic E-state index is 12.3. The summed E-state index contributed by atoms with van der Waals surface area (Å²) in [5, 5.41) is 0. The molecule has 136 valence electrons. The van der Waals surface area contributed by atoms with E-state index in [1.807, 2.05) is 35.0 Å². The van der Waals surface area contributed by atoms with Crippen molar-refractivity contribution in [2.45, 2.75) is 55.7 Å². The molecule has 0 bridgehead atoms. The van der Waals surface area contributed by atoms with Gasteiger partial charge in [0.1, 0.15) is 6.61 Å². The summed E-state index contributed by atoms with van der Waals surface area (Å²) in [5.74, 6) is 1.17. The molecular weight excluding hydrogens is 336 g/mol. The number of pyridine rings is 1. The highest BCUT2D eigenvalue weighted by Crippen LogP contribution is 2.46. The zero-order chi connectivity index (χ0) is 17.1. The van der Waals surface area contributed by atoms with Crippen molar-refractivity contribution in [2.24, 2.45) is 0 Å². The van der Waals surface area contributed by atoms with E-state index in [1.54, 1.807) is 6.20 Å². The predicted octanol–water partition coefficient (Wildman–Crippen LogP) is 2.64. The van der Waals surface area contributed by atoms with Gasteiger partial charge >= 0.3 is 0 Å². The van der Waals surface area contributed by atoms with E-state index in [4.69, 9.17) is 9.47 Å². The average Bonchev–Trinajstić information content (AvgIpc) is 3.27. The van der Waals surface area contributed by atoms with Crippen LogP contribution in [0, 0.1) is 0 Å². The van der Waals surface area contributed by atoms with E-state index in [1.165, 1.54) is 12.8 Å². The first-order valence-electron chi connectivity index (χ1n) is 9.26. The van der Waals surface area contributed by atoms with Gasteiger partial charge in [-0.3, -0.25) is 9.78 Å². The number of thioether (sulfide) groups is 1. The topological polar surface area (TPSA) is 51.7 Å². The molecule has 6 heteroatoms. The Morgan fingerprint density at radius 3 is 2.88 bits per heavy atom. The van der Waals surface area contributed by atoms with Gasteiger partial charge in [0, 0.05) is 31.2 Å². The number of carbonyl (C=O) groups excluding carboxylic acids is 1. The highest BCUT2D eigenvalue weighted by Gasteiger charge is 2.50. The molecule has 3 fully saturated rings.